The lowest BCUT2D eigenvalue weighted by molar-refractivity contribution is -0.163. The van der Waals surface area contributed by atoms with E-state index >= 15 is 0 Å². The fraction of sp³-hybridized carbons (Fsp3) is 0.333. The van der Waals surface area contributed by atoms with E-state index in [1.165, 1.54) is 0 Å². The van der Waals surface area contributed by atoms with Gasteiger partial charge in [0.25, 0.3) is 0 Å². The molecule has 1 heterocycles. The molecule has 1 aromatic rings. The predicted octanol–water partition coefficient (Wildman–Crippen LogP) is 3.51. The van der Waals surface area contributed by atoms with E-state index in [4.69, 9.17) is 28.3 Å². The van der Waals surface area contributed by atoms with Crippen LogP contribution in [0, 0.1) is 0 Å². The van der Waals surface area contributed by atoms with E-state index in [0.717, 1.165) is 12.3 Å². The molecule has 0 spiro atoms. The van der Waals surface area contributed by atoms with Crippen LogP contribution in [-0.2, 0) is 4.79 Å². The fourth-order valence-corrected chi connectivity index (χ4v) is 1.74. The molecule has 3 nitrogen and oxygen atoms in total. The molecule has 8 heteroatoms. The maximum absolute atomic E-state index is 12.7. The topological polar surface area (TPSA) is 50.2 Å². The van der Waals surface area contributed by atoms with Crippen molar-refractivity contribution in [3.8, 4) is 0 Å². The smallest absolute Gasteiger partial charge is 0.397 e. The van der Waals surface area contributed by atoms with Crippen molar-refractivity contribution in [3.63, 3.8) is 0 Å². The van der Waals surface area contributed by atoms with Crippen LogP contribution in [0.25, 0.3) is 0 Å². The summed E-state index contributed by atoms with van der Waals surface area (Å²) in [6, 6.07) is 1.09. The van der Waals surface area contributed by atoms with Gasteiger partial charge >= 0.3 is 12.1 Å². The monoisotopic (exact) mass is 287 g/mol. The van der Waals surface area contributed by atoms with Gasteiger partial charge in [0.15, 0.2) is 0 Å². The average molecular weight is 288 g/mol. The van der Waals surface area contributed by atoms with Gasteiger partial charge in [-0.2, -0.15) is 13.2 Å². The quantitative estimate of drug-likeness (QED) is 0.926. The first-order chi connectivity index (χ1) is 7.71. The van der Waals surface area contributed by atoms with E-state index in [-0.39, 0.29) is 10.0 Å². The Kier molecular flexibility index (Phi) is 4.21. The van der Waals surface area contributed by atoms with Gasteiger partial charge in [0.2, 0.25) is 0 Å². The highest BCUT2D eigenvalue weighted by Gasteiger charge is 2.44. The zero-order valence-electron chi connectivity index (χ0n) is 8.13. The Morgan fingerprint density at radius 1 is 1.47 bits per heavy atom. The van der Waals surface area contributed by atoms with Crippen LogP contribution in [0.15, 0.2) is 12.3 Å². The first kappa shape index (κ1) is 14.1. The summed E-state index contributed by atoms with van der Waals surface area (Å²) in [7, 11) is 0. The van der Waals surface area contributed by atoms with E-state index < -0.39 is 30.2 Å². The minimum atomic E-state index is -4.73. The lowest BCUT2D eigenvalue weighted by Crippen LogP contribution is -2.24. The normalized spacial score (nSPS) is 13.5. The van der Waals surface area contributed by atoms with Crippen molar-refractivity contribution in [1.29, 1.82) is 0 Å². The number of halogens is 5. The molecule has 0 fully saturated rings. The average Bonchev–Trinajstić information content (AvgIpc) is 2.13. The van der Waals surface area contributed by atoms with Crippen molar-refractivity contribution in [2.45, 2.75) is 18.5 Å². The molecular weight excluding hydrogens is 282 g/mol. The summed E-state index contributed by atoms with van der Waals surface area (Å²) in [6.45, 7) is 0. The van der Waals surface area contributed by atoms with E-state index in [0.29, 0.717) is 0 Å². The van der Waals surface area contributed by atoms with Crippen LogP contribution in [0.3, 0.4) is 0 Å². The van der Waals surface area contributed by atoms with Gasteiger partial charge in [-0.05, 0) is 6.07 Å². The van der Waals surface area contributed by atoms with Gasteiger partial charge in [0.05, 0.1) is 22.2 Å². The largest absolute Gasteiger partial charge is 0.481 e. The van der Waals surface area contributed by atoms with Crippen LogP contribution in [0.4, 0.5) is 13.2 Å². The maximum atomic E-state index is 12.7. The number of alkyl halides is 3. The number of aliphatic carboxylic acids is 1. The van der Waals surface area contributed by atoms with Crippen molar-refractivity contribution in [3.05, 3.63) is 28.0 Å². The molecule has 0 saturated carbocycles. The Hall–Kier alpha value is -1.01. The number of carbonyl (C=O) groups is 1. The number of rotatable bonds is 3. The molecule has 0 saturated heterocycles. The summed E-state index contributed by atoms with van der Waals surface area (Å²) in [5, 5.41) is 8.23. The Bertz CT molecular complexity index is 437. The number of hydrogen-bond acceptors (Lipinski definition) is 2. The summed E-state index contributed by atoms with van der Waals surface area (Å²) in [4.78, 5) is 13.9. The van der Waals surface area contributed by atoms with Gasteiger partial charge in [0, 0.05) is 6.20 Å². The molecule has 17 heavy (non-hydrogen) atoms. The van der Waals surface area contributed by atoms with Crippen molar-refractivity contribution in [2.75, 3.05) is 0 Å². The van der Waals surface area contributed by atoms with Crippen molar-refractivity contribution < 1.29 is 23.1 Å². The van der Waals surface area contributed by atoms with Gasteiger partial charge in [-0.25, -0.2) is 0 Å². The lowest BCUT2D eigenvalue weighted by atomic mass is 10.00. The third-order valence-corrected chi connectivity index (χ3v) is 2.45. The Morgan fingerprint density at radius 3 is 2.47 bits per heavy atom. The summed E-state index contributed by atoms with van der Waals surface area (Å²) in [5.41, 5.74) is -0.536. The van der Waals surface area contributed by atoms with Gasteiger partial charge in [0.1, 0.15) is 5.92 Å². The highest BCUT2D eigenvalue weighted by atomic mass is 35.5. The maximum Gasteiger partial charge on any atom is 0.397 e. The number of pyridine rings is 1. The second-order valence-corrected chi connectivity index (χ2v) is 4.06. The van der Waals surface area contributed by atoms with E-state index in [2.05, 4.69) is 4.98 Å². The van der Waals surface area contributed by atoms with Gasteiger partial charge in [-0.3, -0.25) is 9.78 Å². The number of aromatic nitrogens is 1. The molecule has 0 aromatic carbocycles. The number of nitrogens with zero attached hydrogens (tertiary/aromatic N) is 1. The Balaban J connectivity index is 3.17. The first-order valence-corrected chi connectivity index (χ1v) is 5.07. The zero-order valence-corrected chi connectivity index (χ0v) is 9.64. The van der Waals surface area contributed by atoms with Crippen LogP contribution < -0.4 is 0 Å². The number of hydrogen-bond donors (Lipinski definition) is 1. The van der Waals surface area contributed by atoms with Crippen LogP contribution in [0.2, 0.25) is 10.0 Å². The molecule has 1 atom stereocenters. The SMILES string of the molecule is O=C(O)CC(c1ncc(Cl)cc1Cl)C(F)(F)F. The second-order valence-electron chi connectivity index (χ2n) is 3.21. The third-order valence-electron chi connectivity index (χ3n) is 1.94. The summed E-state index contributed by atoms with van der Waals surface area (Å²) >= 11 is 11.1. The summed E-state index contributed by atoms with van der Waals surface area (Å²) < 4.78 is 38.0. The lowest BCUT2D eigenvalue weighted by Gasteiger charge is -2.18. The van der Waals surface area contributed by atoms with Crippen LogP contribution in [-0.4, -0.2) is 22.2 Å². The minimum absolute atomic E-state index is 0.0787. The molecule has 0 aliphatic rings. The van der Waals surface area contributed by atoms with Crippen LogP contribution >= 0.6 is 23.2 Å². The molecule has 1 N–H and O–H groups in total. The van der Waals surface area contributed by atoms with Crippen molar-refractivity contribution >= 4 is 29.2 Å². The van der Waals surface area contributed by atoms with Crippen LogP contribution in [0.5, 0.6) is 0 Å². The van der Waals surface area contributed by atoms with Gasteiger partial charge in [-0.15, -0.1) is 0 Å². The van der Waals surface area contributed by atoms with E-state index in [1.807, 2.05) is 0 Å². The molecular formula is C9H6Cl2F3NO2. The predicted molar refractivity (Wildman–Crippen MR) is 55.3 cm³/mol. The highest BCUT2D eigenvalue weighted by molar-refractivity contribution is 6.34. The van der Waals surface area contributed by atoms with Gasteiger partial charge in [-0.1, -0.05) is 23.2 Å². The molecule has 0 aliphatic heterocycles. The Labute approximate surface area is 104 Å². The standard InChI is InChI=1S/C9H6Cl2F3NO2/c10-4-1-6(11)8(15-3-4)5(2-7(16)17)9(12,13)14/h1,3,5H,2H2,(H,16,17). The van der Waals surface area contributed by atoms with Crippen LogP contribution in [0.1, 0.15) is 18.0 Å². The molecule has 0 radical (unpaired) electrons. The zero-order chi connectivity index (χ0) is 13.2. The highest BCUT2D eigenvalue weighted by Crippen LogP contribution is 2.39. The first-order valence-electron chi connectivity index (χ1n) is 4.31. The summed E-state index contributed by atoms with van der Waals surface area (Å²) in [6.07, 6.45) is -4.87. The molecule has 0 aliphatic carbocycles. The third kappa shape index (κ3) is 3.74. The molecule has 0 amide bonds. The second kappa shape index (κ2) is 5.10. The molecule has 1 rings (SSSR count). The van der Waals surface area contributed by atoms with Crippen molar-refractivity contribution in [1.82, 2.24) is 4.98 Å². The summed E-state index contributed by atoms with van der Waals surface area (Å²) in [5.74, 6) is -3.83. The Morgan fingerprint density at radius 2 is 2.06 bits per heavy atom. The minimum Gasteiger partial charge on any atom is -0.481 e. The molecule has 1 unspecified atom stereocenters. The number of carboxylic acid groups (broad SMARTS) is 1. The molecule has 0 bridgehead atoms. The molecule has 1 aromatic heterocycles. The van der Waals surface area contributed by atoms with Gasteiger partial charge < -0.3 is 5.11 Å². The van der Waals surface area contributed by atoms with E-state index in [1.54, 1.807) is 0 Å². The van der Waals surface area contributed by atoms with E-state index in [9.17, 15) is 18.0 Å². The van der Waals surface area contributed by atoms with Crippen molar-refractivity contribution in [2.24, 2.45) is 0 Å². The fourth-order valence-electron chi connectivity index (χ4n) is 1.22. The molecule has 94 valence electrons. The number of carboxylic acids is 1.